The van der Waals surface area contributed by atoms with Crippen LogP contribution in [0.3, 0.4) is 0 Å². The topological polar surface area (TPSA) is 73.7 Å². The number of carboxylic acid groups (broad SMARTS) is 1. The van der Waals surface area contributed by atoms with Crippen LogP contribution in [0.15, 0.2) is 10.9 Å². The van der Waals surface area contributed by atoms with E-state index < -0.39 is 12.0 Å². The summed E-state index contributed by atoms with van der Waals surface area (Å²) in [5.41, 5.74) is 2.11. The van der Waals surface area contributed by atoms with Gasteiger partial charge in [0.05, 0.1) is 5.51 Å². The van der Waals surface area contributed by atoms with E-state index in [2.05, 4.69) is 4.98 Å². The highest BCUT2D eigenvalue weighted by atomic mass is 32.1. The number of carbonyl (C=O) groups excluding carboxylic acids is 1. The van der Waals surface area contributed by atoms with Crippen LogP contribution in [0.1, 0.15) is 17.4 Å². The summed E-state index contributed by atoms with van der Waals surface area (Å²) >= 11 is 1.39. The zero-order chi connectivity index (χ0) is 13.1. The highest BCUT2D eigenvalue weighted by Crippen LogP contribution is 2.11. The number of aromatic nitrogens is 1. The minimum atomic E-state index is -0.825. The zero-order valence-corrected chi connectivity index (χ0v) is 10.9. The molecule has 1 unspecified atom stereocenters. The average molecular weight is 269 g/mol. The van der Waals surface area contributed by atoms with Gasteiger partial charge < -0.3 is 10.0 Å². The summed E-state index contributed by atoms with van der Waals surface area (Å²) < 4.78 is 0. The third kappa shape index (κ3) is 2.68. The molecule has 1 saturated heterocycles. The first-order valence-corrected chi connectivity index (χ1v) is 6.68. The molecular weight excluding hydrogens is 254 g/mol. The van der Waals surface area contributed by atoms with Gasteiger partial charge in [-0.1, -0.05) is 0 Å². The molecule has 2 heterocycles. The molecule has 0 spiro atoms. The summed E-state index contributed by atoms with van der Waals surface area (Å²) in [6.45, 7) is 3.94. The van der Waals surface area contributed by atoms with Crippen LogP contribution in [0.25, 0.3) is 0 Å². The fraction of sp³-hybridized carbons (Fsp3) is 0.545. The van der Waals surface area contributed by atoms with E-state index >= 15 is 0 Å². The molecule has 1 aliphatic heterocycles. The van der Waals surface area contributed by atoms with Crippen molar-refractivity contribution < 1.29 is 14.7 Å². The Balaban J connectivity index is 1.91. The van der Waals surface area contributed by atoms with E-state index in [9.17, 15) is 9.59 Å². The van der Waals surface area contributed by atoms with Gasteiger partial charge in [-0.15, -0.1) is 11.3 Å². The molecule has 98 valence electrons. The molecule has 0 radical (unpaired) electrons. The van der Waals surface area contributed by atoms with Gasteiger partial charge in [-0.25, -0.2) is 4.98 Å². The van der Waals surface area contributed by atoms with Crippen molar-refractivity contribution in [1.29, 1.82) is 0 Å². The highest BCUT2D eigenvalue weighted by Gasteiger charge is 2.27. The van der Waals surface area contributed by atoms with E-state index in [0.717, 1.165) is 0 Å². The van der Waals surface area contributed by atoms with Gasteiger partial charge >= 0.3 is 5.97 Å². The Hall–Kier alpha value is -1.47. The second kappa shape index (κ2) is 5.45. The molecule has 1 aromatic rings. The Morgan fingerprint density at radius 3 is 2.56 bits per heavy atom. The molecule has 1 aliphatic rings. The van der Waals surface area contributed by atoms with E-state index in [1.807, 2.05) is 4.90 Å². The molecule has 0 saturated carbocycles. The van der Waals surface area contributed by atoms with Gasteiger partial charge in [-0.3, -0.25) is 14.5 Å². The Bertz CT molecular complexity index is 427. The second-order valence-corrected chi connectivity index (χ2v) is 4.93. The van der Waals surface area contributed by atoms with Crippen LogP contribution in [-0.4, -0.2) is 64.0 Å². The van der Waals surface area contributed by atoms with E-state index in [0.29, 0.717) is 31.9 Å². The van der Waals surface area contributed by atoms with E-state index in [-0.39, 0.29) is 5.91 Å². The van der Waals surface area contributed by atoms with Crippen molar-refractivity contribution >= 4 is 23.2 Å². The van der Waals surface area contributed by atoms with E-state index in [4.69, 9.17) is 5.11 Å². The molecule has 1 N–H and O–H groups in total. The molecule has 7 heteroatoms. The molecule has 18 heavy (non-hydrogen) atoms. The van der Waals surface area contributed by atoms with Crippen molar-refractivity contribution in [3.05, 3.63) is 16.6 Å². The maximum atomic E-state index is 12.0. The van der Waals surface area contributed by atoms with Crippen LogP contribution in [0.5, 0.6) is 0 Å². The number of amides is 1. The van der Waals surface area contributed by atoms with Gasteiger partial charge in [0.2, 0.25) is 0 Å². The fourth-order valence-electron chi connectivity index (χ4n) is 1.95. The fourth-order valence-corrected chi connectivity index (χ4v) is 2.47. The molecule has 1 atom stereocenters. The standard InChI is InChI=1S/C11H15N3O3S/c1-8(11(16)17)13-2-4-14(5-3-13)10(15)9-6-18-7-12-9/h6-8H,2-5H2,1H3,(H,16,17). The maximum absolute atomic E-state index is 12.0. The lowest BCUT2D eigenvalue weighted by atomic mass is 10.2. The van der Waals surface area contributed by atoms with E-state index in [1.54, 1.807) is 22.7 Å². The Kier molecular flexibility index (Phi) is 3.93. The average Bonchev–Trinajstić information content (AvgIpc) is 2.91. The summed E-state index contributed by atoms with van der Waals surface area (Å²) in [7, 11) is 0. The third-order valence-corrected chi connectivity index (χ3v) is 3.74. The van der Waals surface area contributed by atoms with Crippen molar-refractivity contribution in [1.82, 2.24) is 14.8 Å². The Morgan fingerprint density at radius 1 is 1.39 bits per heavy atom. The number of aliphatic carboxylic acids is 1. The monoisotopic (exact) mass is 269 g/mol. The number of nitrogens with zero attached hydrogens (tertiary/aromatic N) is 3. The normalized spacial score (nSPS) is 18.6. The minimum Gasteiger partial charge on any atom is -0.480 e. The highest BCUT2D eigenvalue weighted by molar-refractivity contribution is 7.07. The number of piperazine rings is 1. The molecule has 0 aromatic carbocycles. The summed E-state index contributed by atoms with van der Waals surface area (Å²) in [5.74, 6) is -0.895. The summed E-state index contributed by atoms with van der Waals surface area (Å²) in [6.07, 6.45) is 0. The molecule has 0 aliphatic carbocycles. The predicted molar refractivity (Wildman–Crippen MR) is 66.7 cm³/mol. The quantitative estimate of drug-likeness (QED) is 0.858. The first-order valence-electron chi connectivity index (χ1n) is 5.74. The molecule has 6 nitrogen and oxygen atoms in total. The van der Waals surface area contributed by atoms with Crippen molar-refractivity contribution in [2.24, 2.45) is 0 Å². The van der Waals surface area contributed by atoms with Crippen molar-refractivity contribution in [2.45, 2.75) is 13.0 Å². The van der Waals surface area contributed by atoms with Crippen LogP contribution >= 0.6 is 11.3 Å². The van der Waals surface area contributed by atoms with Gasteiger partial charge in [-0.05, 0) is 6.92 Å². The number of hydrogen-bond acceptors (Lipinski definition) is 5. The largest absolute Gasteiger partial charge is 0.480 e. The first-order chi connectivity index (χ1) is 8.59. The minimum absolute atomic E-state index is 0.0705. The maximum Gasteiger partial charge on any atom is 0.320 e. The van der Waals surface area contributed by atoms with Crippen LogP contribution < -0.4 is 0 Å². The van der Waals surface area contributed by atoms with Crippen LogP contribution in [0, 0.1) is 0 Å². The SMILES string of the molecule is CC(C(=O)O)N1CCN(C(=O)c2cscn2)CC1. The van der Waals surface area contributed by atoms with Gasteiger partial charge in [0.1, 0.15) is 11.7 Å². The number of thiazole rings is 1. The number of carboxylic acids is 1. The Labute approximate surface area is 109 Å². The Morgan fingerprint density at radius 2 is 2.06 bits per heavy atom. The smallest absolute Gasteiger partial charge is 0.320 e. The van der Waals surface area contributed by atoms with Crippen LogP contribution in [0.4, 0.5) is 0 Å². The van der Waals surface area contributed by atoms with Gasteiger partial charge in [0, 0.05) is 31.6 Å². The second-order valence-electron chi connectivity index (χ2n) is 4.22. The first kappa shape index (κ1) is 13.0. The van der Waals surface area contributed by atoms with Crippen molar-refractivity contribution in [3.8, 4) is 0 Å². The molecule has 2 rings (SSSR count). The lowest BCUT2D eigenvalue weighted by Crippen LogP contribution is -2.53. The van der Waals surface area contributed by atoms with Crippen LogP contribution in [0.2, 0.25) is 0 Å². The van der Waals surface area contributed by atoms with Crippen molar-refractivity contribution in [2.75, 3.05) is 26.2 Å². The summed E-state index contributed by atoms with van der Waals surface area (Å²) in [6, 6.07) is -0.499. The van der Waals surface area contributed by atoms with Crippen molar-refractivity contribution in [3.63, 3.8) is 0 Å². The van der Waals surface area contributed by atoms with Gasteiger partial charge in [0.15, 0.2) is 0 Å². The molecule has 1 amide bonds. The van der Waals surface area contributed by atoms with Gasteiger partial charge in [0.25, 0.3) is 5.91 Å². The molecule has 1 fully saturated rings. The predicted octanol–water partition coefficient (Wildman–Crippen LogP) is 0.374. The number of hydrogen-bond donors (Lipinski definition) is 1. The summed E-state index contributed by atoms with van der Waals surface area (Å²) in [5, 5.41) is 10.7. The molecule has 1 aromatic heterocycles. The van der Waals surface area contributed by atoms with Gasteiger partial charge in [-0.2, -0.15) is 0 Å². The molecular formula is C11H15N3O3S. The van der Waals surface area contributed by atoms with E-state index in [1.165, 1.54) is 11.3 Å². The number of carbonyl (C=O) groups is 2. The summed E-state index contributed by atoms with van der Waals surface area (Å²) in [4.78, 5) is 30.5. The lowest BCUT2D eigenvalue weighted by Gasteiger charge is -2.36. The van der Waals surface area contributed by atoms with Crippen LogP contribution in [-0.2, 0) is 4.79 Å². The molecule has 0 bridgehead atoms. The zero-order valence-electron chi connectivity index (χ0n) is 10.1. The lowest BCUT2D eigenvalue weighted by molar-refractivity contribution is -0.143. The number of rotatable bonds is 3. The third-order valence-electron chi connectivity index (χ3n) is 3.16.